The van der Waals surface area contributed by atoms with Crippen LogP contribution in [0.2, 0.25) is 0 Å². The molecule has 156 valence electrons. The summed E-state index contributed by atoms with van der Waals surface area (Å²) in [7, 11) is 0. The van der Waals surface area contributed by atoms with Gasteiger partial charge in [-0.2, -0.15) is 0 Å². The average molecular weight is 426 g/mol. The van der Waals surface area contributed by atoms with Crippen LogP contribution < -0.4 is 0 Å². The van der Waals surface area contributed by atoms with Crippen LogP contribution in [-0.2, 0) is 43.1 Å². The van der Waals surface area contributed by atoms with Gasteiger partial charge in [0.05, 0.1) is 0 Å². The number of hydrogen-bond acceptors (Lipinski definition) is 9. The molecule has 0 atom stereocenters. The Kier molecular flexibility index (Phi) is 4.51. The first-order valence-corrected chi connectivity index (χ1v) is 8.57. The van der Waals surface area contributed by atoms with Crippen LogP contribution in [0, 0.1) is 0 Å². The van der Waals surface area contributed by atoms with Crippen LogP contribution in [0.3, 0.4) is 0 Å². The van der Waals surface area contributed by atoms with Crippen molar-refractivity contribution < 1.29 is 43.1 Å². The Labute approximate surface area is 172 Å². The summed E-state index contributed by atoms with van der Waals surface area (Å²) in [5, 5.41) is 0. The Bertz CT molecular complexity index is 873. The van der Waals surface area contributed by atoms with Gasteiger partial charge in [-0.05, 0) is 0 Å². The van der Waals surface area contributed by atoms with E-state index in [1.165, 1.54) is 0 Å². The zero-order valence-corrected chi connectivity index (χ0v) is 15.2. The van der Waals surface area contributed by atoms with Crippen molar-refractivity contribution in [2.24, 2.45) is 0 Å². The highest BCUT2D eigenvalue weighted by molar-refractivity contribution is 6.17. The number of ether oxygens (including phenoxy) is 1. The van der Waals surface area contributed by atoms with Crippen LogP contribution in [0.4, 0.5) is 0 Å². The molecule has 4 rings (SSSR count). The maximum absolute atomic E-state index is 12.2. The Morgan fingerprint density at radius 2 is 0.548 bits per heavy atom. The third-order valence-corrected chi connectivity index (χ3v) is 4.50. The minimum Gasteiger partial charge on any atom is -0.295 e. The topological polar surface area (TPSA) is 159 Å². The molecule has 4 aliphatic heterocycles. The van der Waals surface area contributed by atoms with Gasteiger partial charge in [0.15, 0.2) is 0 Å². The summed E-state index contributed by atoms with van der Waals surface area (Å²) >= 11 is 0. The van der Waals surface area contributed by atoms with Crippen molar-refractivity contribution in [3.63, 3.8) is 0 Å². The molecule has 0 aliphatic carbocycles. The van der Waals surface area contributed by atoms with E-state index in [2.05, 4.69) is 0 Å². The van der Waals surface area contributed by atoms with E-state index in [1.54, 1.807) is 0 Å². The molecule has 0 saturated carbocycles. The third-order valence-electron chi connectivity index (χ3n) is 4.50. The fraction of sp³-hybridized carbons (Fsp3) is 0.111. The van der Waals surface area contributed by atoms with Gasteiger partial charge in [0.2, 0.25) is 12.7 Å². The molecule has 0 aromatic carbocycles. The van der Waals surface area contributed by atoms with E-state index >= 15 is 0 Å². The van der Waals surface area contributed by atoms with Crippen molar-refractivity contribution in [1.29, 1.82) is 0 Å². The van der Waals surface area contributed by atoms with Crippen molar-refractivity contribution >= 4 is 47.3 Å². The second kappa shape index (κ2) is 7.07. The van der Waals surface area contributed by atoms with Gasteiger partial charge in [-0.25, -0.2) is 19.6 Å². The third kappa shape index (κ3) is 3.08. The predicted octanol–water partition coefficient (Wildman–Crippen LogP) is -2.73. The fourth-order valence-electron chi connectivity index (χ4n) is 3.10. The number of hydrogen-bond donors (Lipinski definition) is 0. The second-order valence-corrected chi connectivity index (χ2v) is 6.31. The first kappa shape index (κ1) is 19.8. The van der Waals surface area contributed by atoms with Crippen LogP contribution in [0.25, 0.3) is 0 Å². The van der Waals surface area contributed by atoms with Crippen molar-refractivity contribution in [3.8, 4) is 0 Å². The Hall–Kier alpha value is -4.52. The van der Waals surface area contributed by atoms with Crippen LogP contribution in [0.1, 0.15) is 0 Å². The SMILES string of the molecule is O=C1C=CC(=O)N1C(OC(N1C(=O)C=CC1=O)N1C(=O)C=CC1=O)N1C(=O)C=CC1=O. The largest absolute Gasteiger partial charge is 0.295 e. The molecule has 4 aliphatic rings. The highest BCUT2D eigenvalue weighted by Gasteiger charge is 2.49. The van der Waals surface area contributed by atoms with Gasteiger partial charge in [0.25, 0.3) is 47.3 Å². The van der Waals surface area contributed by atoms with Gasteiger partial charge < -0.3 is 0 Å². The number of carbonyl (C=O) groups excluding carboxylic acids is 8. The van der Waals surface area contributed by atoms with Gasteiger partial charge >= 0.3 is 0 Å². The molecular weight excluding hydrogens is 416 g/mol. The lowest BCUT2D eigenvalue weighted by Gasteiger charge is -2.39. The highest BCUT2D eigenvalue weighted by atomic mass is 16.6. The average Bonchev–Trinajstić information content (AvgIpc) is 3.43. The summed E-state index contributed by atoms with van der Waals surface area (Å²) in [5.41, 5.74) is 0. The Morgan fingerprint density at radius 1 is 0.387 bits per heavy atom. The van der Waals surface area contributed by atoms with E-state index in [4.69, 9.17) is 4.74 Å². The molecular formula is C18H10N4O9. The zero-order chi connectivity index (χ0) is 22.4. The summed E-state index contributed by atoms with van der Waals surface area (Å²) in [6, 6.07) is 0. The molecule has 31 heavy (non-hydrogen) atoms. The van der Waals surface area contributed by atoms with Crippen LogP contribution >= 0.6 is 0 Å². The predicted molar refractivity (Wildman–Crippen MR) is 92.6 cm³/mol. The van der Waals surface area contributed by atoms with Crippen molar-refractivity contribution in [3.05, 3.63) is 48.6 Å². The summed E-state index contributed by atoms with van der Waals surface area (Å²) in [4.78, 5) is 99.3. The van der Waals surface area contributed by atoms with Gasteiger partial charge in [-0.3, -0.25) is 43.1 Å². The van der Waals surface area contributed by atoms with Crippen LogP contribution in [0.5, 0.6) is 0 Å². The number of rotatable bonds is 6. The van der Waals surface area contributed by atoms with E-state index in [0.717, 1.165) is 48.6 Å². The van der Waals surface area contributed by atoms with E-state index in [1.807, 2.05) is 0 Å². The minimum atomic E-state index is -2.11. The van der Waals surface area contributed by atoms with E-state index in [-0.39, 0.29) is 0 Å². The highest BCUT2D eigenvalue weighted by Crippen LogP contribution is 2.25. The lowest BCUT2D eigenvalue weighted by Crippen LogP contribution is -2.62. The van der Waals surface area contributed by atoms with Crippen LogP contribution in [-0.4, -0.2) is 79.6 Å². The van der Waals surface area contributed by atoms with Gasteiger partial charge in [-0.15, -0.1) is 0 Å². The van der Waals surface area contributed by atoms with Gasteiger partial charge in [-0.1, -0.05) is 0 Å². The smallest absolute Gasteiger partial charge is 0.257 e. The summed E-state index contributed by atoms with van der Waals surface area (Å²) in [5.74, 6) is -7.81. The molecule has 0 saturated heterocycles. The second-order valence-electron chi connectivity index (χ2n) is 6.31. The standard InChI is InChI=1S/C18H10N4O9/c23-9-1-2-10(24)19(9)17(20-11(25)3-4-12(20)26)31-18(21-13(27)5-6-14(21)28)22-15(29)7-8-16(22)30/h1-8,17-18H. The maximum Gasteiger partial charge on any atom is 0.257 e. The molecule has 8 amide bonds. The zero-order valence-electron chi connectivity index (χ0n) is 15.2. The molecule has 0 bridgehead atoms. The van der Waals surface area contributed by atoms with E-state index in [9.17, 15) is 38.4 Å². The molecule has 0 spiro atoms. The molecule has 0 unspecified atom stereocenters. The Morgan fingerprint density at radius 3 is 0.710 bits per heavy atom. The van der Waals surface area contributed by atoms with Gasteiger partial charge in [0.1, 0.15) is 0 Å². The summed E-state index contributed by atoms with van der Waals surface area (Å²) < 4.78 is 5.53. The van der Waals surface area contributed by atoms with E-state index in [0.29, 0.717) is 19.6 Å². The molecule has 13 heteroatoms. The molecule has 0 aromatic rings. The first-order chi connectivity index (χ1) is 14.7. The molecule has 0 N–H and O–H groups in total. The van der Waals surface area contributed by atoms with Crippen molar-refractivity contribution in [2.75, 3.05) is 0 Å². The molecule has 0 aromatic heterocycles. The lowest BCUT2D eigenvalue weighted by atomic mass is 10.4. The fourth-order valence-corrected chi connectivity index (χ4v) is 3.10. The molecule has 0 fully saturated rings. The number of nitrogens with zero attached hydrogens (tertiary/aromatic N) is 4. The number of carbonyl (C=O) groups is 8. The van der Waals surface area contributed by atoms with Crippen molar-refractivity contribution in [2.45, 2.75) is 12.7 Å². The Balaban J connectivity index is 1.77. The normalized spacial score (nSPS) is 20.7. The summed E-state index contributed by atoms with van der Waals surface area (Å²) in [6.45, 7) is 0. The number of amides is 8. The molecule has 0 radical (unpaired) electrons. The molecule has 4 heterocycles. The minimum absolute atomic E-state index is 0.368. The maximum atomic E-state index is 12.2. The van der Waals surface area contributed by atoms with Crippen LogP contribution in [0.15, 0.2) is 48.6 Å². The lowest BCUT2D eigenvalue weighted by molar-refractivity contribution is -0.230. The quantitative estimate of drug-likeness (QED) is 0.411. The molecule has 13 nitrogen and oxygen atoms in total. The first-order valence-electron chi connectivity index (χ1n) is 8.57. The van der Waals surface area contributed by atoms with Gasteiger partial charge in [0, 0.05) is 48.6 Å². The number of imide groups is 4. The van der Waals surface area contributed by atoms with Crippen molar-refractivity contribution in [1.82, 2.24) is 19.6 Å². The van der Waals surface area contributed by atoms with E-state index < -0.39 is 60.0 Å². The summed E-state index contributed by atoms with van der Waals surface area (Å²) in [6.07, 6.45) is 2.50. The monoisotopic (exact) mass is 426 g/mol.